The van der Waals surface area contributed by atoms with E-state index < -0.39 is 12.0 Å². The van der Waals surface area contributed by atoms with Gasteiger partial charge in [0.05, 0.1) is 5.52 Å². The van der Waals surface area contributed by atoms with Crippen LogP contribution in [0.1, 0.15) is 12.8 Å². The smallest absolute Gasteiger partial charge is 0.326 e. The quantitative estimate of drug-likeness (QED) is 0.927. The number of rotatable bonds is 3. The molecular formula is C15H18N4O2. The summed E-state index contributed by atoms with van der Waals surface area (Å²) in [5.74, 6) is 0.504. The maximum atomic E-state index is 11.4. The lowest BCUT2D eigenvalue weighted by molar-refractivity contribution is -0.138. The molecule has 110 valence electrons. The van der Waals surface area contributed by atoms with Gasteiger partial charge in [0.15, 0.2) is 0 Å². The Morgan fingerprint density at radius 3 is 2.81 bits per heavy atom. The van der Waals surface area contributed by atoms with Crippen LogP contribution in [0.3, 0.4) is 0 Å². The van der Waals surface area contributed by atoms with Crippen molar-refractivity contribution in [2.45, 2.75) is 18.9 Å². The minimum absolute atomic E-state index is 0.502. The van der Waals surface area contributed by atoms with Crippen molar-refractivity contribution in [3.63, 3.8) is 0 Å². The summed E-state index contributed by atoms with van der Waals surface area (Å²) in [4.78, 5) is 24.2. The van der Waals surface area contributed by atoms with Gasteiger partial charge < -0.3 is 14.9 Å². The third kappa shape index (κ3) is 2.37. The Balaban J connectivity index is 2.13. The van der Waals surface area contributed by atoms with Gasteiger partial charge >= 0.3 is 5.97 Å². The van der Waals surface area contributed by atoms with E-state index in [0.29, 0.717) is 18.9 Å². The van der Waals surface area contributed by atoms with Gasteiger partial charge in [-0.2, -0.15) is 4.98 Å². The highest BCUT2D eigenvalue weighted by atomic mass is 16.4. The number of aliphatic carboxylic acids is 1. The molecule has 0 radical (unpaired) electrons. The molecule has 1 aliphatic rings. The average molecular weight is 286 g/mol. The van der Waals surface area contributed by atoms with Gasteiger partial charge in [0.2, 0.25) is 5.95 Å². The molecule has 0 bridgehead atoms. The topological polar surface area (TPSA) is 69.6 Å². The molecule has 2 heterocycles. The highest BCUT2D eigenvalue weighted by Gasteiger charge is 2.32. The summed E-state index contributed by atoms with van der Waals surface area (Å²) in [5, 5.41) is 10.3. The molecular weight excluding hydrogens is 268 g/mol. The molecule has 1 aromatic heterocycles. The third-order valence-corrected chi connectivity index (χ3v) is 3.79. The van der Waals surface area contributed by atoms with Gasteiger partial charge in [-0.25, -0.2) is 9.78 Å². The van der Waals surface area contributed by atoms with Crippen LogP contribution in [0.5, 0.6) is 0 Å². The predicted molar refractivity (Wildman–Crippen MR) is 81.9 cm³/mol. The highest BCUT2D eigenvalue weighted by molar-refractivity contribution is 5.90. The largest absolute Gasteiger partial charge is 0.480 e. The normalized spacial score (nSPS) is 18.2. The number of fused-ring (bicyclic) bond motifs is 1. The molecule has 1 aromatic carbocycles. The lowest BCUT2D eigenvalue weighted by atomic mass is 10.2. The summed E-state index contributed by atoms with van der Waals surface area (Å²) < 4.78 is 0. The van der Waals surface area contributed by atoms with Gasteiger partial charge in [0.1, 0.15) is 11.9 Å². The molecule has 3 rings (SSSR count). The van der Waals surface area contributed by atoms with E-state index >= 15 is 0 Å². The van der Waals surface area contributed by atoms with E-state index in [2.05, 4.69) is 9.97 Å². The molecule has 1 aliphatic heterocycles. The number of hydrogen-bond donors (Lipinski definition) is 1. The molecule has 0 amide bonds. The zero-order valence-corrected chi connectivity index (χ0v) is 12.2. The number of nitrogens with zero attached hydrogens (tertiary/aromatic N) is 4. The van der Waals surface area contributed by atoms with Crippen molar-refractivity contribution in [2.75, 3.05) is 30.4 Å². The van der Waals surface area contributed by atoms with E-state index in [1.54, 1.807) is 4.90 Å². The van der Waals surface area contributed by atoms with E-state index in [4.69, 9.17) is 0 Å². The monoisotopic (exact) mass is 286 g/mol. The first-order chi connectivity index (χ1) is 10.1. The molecule has 1 fully saturated rings. The van der Waals surface area contributed by atoms with Crippen molar-refractivity contribution in [1.29, 1.82) is 0 Å². The van der Waals surface area contributed by atoms with Crippen LogP contribution < -0.4 is 9.80 Å². The number of hydrogen-bond acceptors (Lipinski definition) is 5. The van der Waals surface area contributed by atoms with Crippen molar-refractivity contribution in [3.05, 3.63) is 24.3 Å². The van der Waals surface area contributed by atoms with Crippen LogP contribution in [0.15, 0.2) is 24.3 Å². The number of anilines is 2. The molecule has 1 atom stereocenters. The second kappa shape index (κ2) is 5.20. The van der Waals surface area contributed by atoms with Crippen LogP contribution in [-0.2, 0) is 4.79 Å². The third-order valence-electron chi connectivity index (χ3n) is 3.79. The van der Waals surface area contributed by atoms with Crippen molar-refractivity contribution in [3.8, 4) is 0 Å². The number of aromatic nitrogens is 2. The fourth-order valence-corrected chi connectivity index (χ4v) is 2.78. The van der Waals surface area contributed by atoms with Gasteiger partial charge in [-0.15, -0.1) is 0 Å². The number of para-hydroxylation sites is 1. The molecule has 0 spiro atoms. The lowest BCUT2D eigenvalue weighted by Gasteiger charge is -2.23. The number of carboxylic acid groups (broad SMARTS) is 1. The van der Waals surface area contributed by atoms with Crippen molar-refractivity contribution < 1.29 is 9.90 Å². The fourth-order valence-electron chi connectivity index (χ4n) is 2.78. The predicted octanol–water partition coefficient (Wildman–Crippen LogP) is 1.75. The Morgan fingerprint density at radius 1 is 1.33 bits per heavy atom. The van der Waals surface area contributed by atoms with Gasteiger partial charge in [-0.05, 0) is 25.0 Å². The van der Waals surface area contributed by atoms with Crippen LogP contribution in [0.25, 0.3) is 10.9 Å². The zero-order chi connectivity index (χ0) is 15.0. The summed E-state index contributed by atoms with van der Waals surface area (Å²) in [6.45, 7) is 0.683. The van der Waals surface area contributed by atoms with Crippen LogP contribution >= 0.6 is 0 Å². The molecule has 6 nitrogen and oxygen atoms in total. The Morgan fingerprint density at radius 2 is 2.10 bits per heavy atom. The van der Waals surface area contributed by atoms with Gasteiger partial charge in [0, 0.05) is 26.0 Å². The van der Waals surface area contributed by atoms with Crippen LogP contribution in [0.2, 0.25) is 0 Å². The maximum absolute atomic E-state index is 11.4. The minimum atomic E-state index is -0.810. The molecule has 21 heavy (non-hydrogen) atoms. The fraction of sp³-hybridized carbons (Fsp3) is 0.400. The first-order valence-electron chi connectivity index (χ1n) is 7.01. The molecule has 0 saturated carbocycles. The Labute approximate surface area is 123 Å². The Bertz CT molecular complexity index is 686. The zero-order valence-electron chi connectivity index (χ0n) is 12.2. The van der Waals surface area contributed by atoms with Crippen molar-refractivity contribution in [1.82, 2.24) is 9.97 Å². The van der Waals surface area contributed by atoms with Crippen LogP contribution in [-0.4, -0.2) is 47.7 Å². The molecule has 2 aromatic rings. The van der Waals surface area contributed by atoms with Gasteiger partial charge in [0.25, 0.3) is 0 Å². The molecule has 6 heteroatoms. The van der Waals surface area contributed by atoms with E-state index in [-0.39, 0.29) is 0 Å². The van der Waals surface area contributed by atoms with Crippen LogP contribution in [0, 0.1) is 0 Å². The molecule has 0 aliphatic carbocycles. The van der Waals surface area contributed by atoms with Crippen molar-refractivity contribution in [2.24, 2.45) is 0 Å². The average Bonchev–Trinajstić information content (AvgIpc) is 2.95. The molecule has 0 unspecified atom stereocenters. The first kappa shape index (κ1) is 13.6. The summed E-state index contributed by atoms with van der Waals surface area (Å²) >= 11 is 0. The number of carboxylic acids is 1. The van der Waals surface area contributed by atoms with Gasteiger partial charge in [-0.3, -0.25) is 0 Å². The summed E-state index contributed by atoms with van der Waals surface area (Å²) in [6.07, 6.45) is 1.49. The molecule has 1 saturated heterocycles. The van der Waals surface area contributed by atoms with E-state index in [1.165, 1.54) is 0 Å². The van der Waals surface area contributed by atoms with E-state index in [0.717, 1.165) is 23.1 Å². The number of carbonyl (C=O) groups is 1. The standard InChI is InChI=1S/C15H18N4O2/c1-18(2)13-10-6-3-4-7-11(10)16-15(17-13)19-9-5-8-12(19)14(20)21/h3-4,6-7,12H,5,8-9H2,1-2H3,(H,20,21)/t12-/m1/s1. The Kier molecular flexibility index (Phi) is 3.37. The summed E-state index contributed by atoms with van der Waals surface area (Å²) in [5.41, 5.74) is 0.835. The van der Waals surface area contributed by atoms with Gasteiger partial charge in [-0.1, -0.05) is 12.1 Å². The van der Waals surface area contributed by atoms with Crippen LogP contribution in [0.4, 0.5) is 11.8 Å². The second-order valence-electron chi connectivity index (χ2n) is 5.45. The van der Waals surface area contributed by atoms with E-state index in [9.17, 15) is 9.90 Å². The van der Waals surface area contributed by atoms with E-state index in [1.807, 2.05) is 43.3 Å². The molecule has 1 N–H and O–H groups in total. The first-order valence-corrected chi connectivity index (χ1v) is 7.01. The van der Waals surface area contributed by atoms with Crippen molar-refractivity contribution >= 4 is 28.6 Å². The summed E-state index contributed by atoms with van der Waals surface area (Å²) in [6, 6.07) is 7.26. The second-order valence-corrected chi connectivity index (χ2v) is 5.45. The highest BCUT2D eigenvalue weighted by Crippen LogP contribution is 2.29. The lowest BCUT2D eigenvalue weighted by Crippen LogP contribution is -2.37. The maximum Gasteiger partial charge on any atom is 0.326 e. The SMILES string of the molecule is CN(C)c1nc(N2CCC[C@@H]2C(=O)O)nc2ccccc12. The minimum Gasteiger partial charge on any atom is -0.480 e. The summed E-state index contributed by atoms with van der Waals surface area (Å²) in [7, 11) is 3.86. The Hall–Kier alpha value is -2.37. The number of benzene rings is 1.